The molecule has 1 aromatic heterocycles. The van der Waals surface area contributed by atoms with Gasteiger partial charge in [0.05, 0.1) is 6.42 Å². The van der Waals surface area contributed by atoms with E-state index in [4.69, 9.17) is 4.74 Å². The normalized spacial score (nSPS) is 12.1. The third kappa shape index (κ3) is 5.23. The van der Waals surface area contributed by atoms with Gasteiger partial charge in [0.25, 0.3) is 0 Å². The summed E-state index contributed by atoms with van der Waals surface area (Å²) in [5.74, 6) is -1.10. The molecule has 3 rings (SSSR count). The van der Waals surface area contributed by atoms with E-state index in [1.165, 1.54) is 6.08 Å². The topological polar surface area (TPSA) is 88.3 Å². The Morgan fingerprint density at radius 2 is 1.77 bits per heavy atom. The number of rotatable bonds is 8. The molecule has 1 amide bonds. The number of amides is 1. The van der Waals surface area contributed by atoms with E-state index >= 15 is 0 Å². The number of benzene rings is 2. The van der Waals surface area contributed by atoms with Crippen molar-refractivity contribution in [3.05, 3.63) is 77.5 Å². The second-order valence-electron chi connectivity index (χ2n) is 6.95. The smallest absolute Gasteiger partial charge is 0.308 e. The van der Waals surface area contributed by atoms with Crippen LogP contribution in [0.1, 0.15) is 35.0 Å². The lowest BCUT2D eigenvalue weighted by Crippen LogP contribution is -2.28. The number of aryl methyl sites for hydroxylation is 1. The van der Waals surface area contributed by atoms with Crippen LogP contribution in [-0.2, 0) is 14.3 Å². The largest absolute Gasteiger partial charge is 0.454 e. The van der Waals surface area contributed by atoms with Crippen molar-refractivity contribution in [1.29, 1.82) is 0 Å². The van der Waals surface area contributed by atoms with Crippen molar-refractivity contribution in [2.24, 2.45) is 0 Å². The van der Waals surface area contributed by atoms with Crippen molar-refractivity contribution in [3.63, 3.8) is 0 Å². The van der Waals surface area contributed by atoms with Gasteiger partial charge < -0.3 is 15.0 Å². The number of para-hydroxylation sites is 1. The lowest BCUT2D eigenvalue weighted by molar-refractivity contribution is -0.146. The molecule has 6 nitrogen and oxygen atoms in total. The zero-order chi connectivity index (χ0) is 21.5. The summed E-state index contributed by atoms with van der Waals surface area (Å²) in [6.07, 6.45) is 2.17. The number of carbonyl (C=O) groups is 3. The molecule has 0 fully saturated rings. The lowest BCUT2D eigenvalue weighted by Gasteiger charge is -2.12. The first-order valence-electron chi connectivity index (χ1n) is 9.77. The molecular formula is C24H24N2O4. The highest BCUT2D eigenvalue weighted by Crippen LogP contribution is 2.23. The maximum atomic E-state index is 12.8. The molecule has 0 spiro atoms. The monoisotopic (exact) mass is 404 g/mol. The van der Waals surface area contributed by atoms with E-state index in [-0.39, 0.29) is 24.7 Å². The van der Waals surface area contributed by atoms with Gasteiger partial charge >= 0.3 is 5.97 Å². The number of carbonyl (C=O) groups excluding carboxylic acids is 3. The molecule has 154 valence electrons. The molecule has 1 atom stereocenters. The van der Waals surface area contributed by atoms with E-state index in [2.05, 4.69) is 10.3 Å². The molecule has 0 unspecified atom stereocenters. The SMILES string of the molecule is Cc1[nH]c2ccccc2c1C(=O)[C@@H](C)OC(=O)CCNC(=O)/C=C/c1ccccc1. The highest BCUT2D eigenvalue weighted by molar-refractivity contribution is 6.11. The van der Waals surface area contributed by atoms with Crippen molar-refractivity contribution in [2.75, 3.05) is 6.54 Å². The minimum absolute atomic E-state index is 0.0184. The Hall–Kier alpha value is -3.67. The summed E-state index contributed by atoms with van der Waals surface area (Å²) in [7, 11) is 0. The zero-order valence-electron chi connectivity index (χ0n) is 17.0. The van der Waals surface area contributed by atoms with Gasteiger partial charge in [-0.1, -0.05) is 48.5 Å². The standard InChI is InChI=1S/C24H24N2O4/c1-16-23(19-10-6-7-11-20(19)26-16)24(29)17(2)30-22(28)14-15-25-21(27)13-12-18-8-4-3-5-9-18/h3-13,17,26H,14-15H2,1-2H3,(H,25,27)/b13-12+/t17-/m1/s1. The summed E-state index contributed by atoms with van der Waals surface area (Å²) in [4.78, 5) is 39.9. The first kappa shape index (κ1) is 21.0. The quantitative estimate of drug-likeness (QED) is 0.339. The summed E-state index contributed by atoms with van der Waals surface area (Å²) >= 11 is 0. The number of ether oxygens (including phenoxy) is 1. The van der Waals surface area contributed by atoms with Gasteiger partial charge in [0, 0.05) is 34.8 Å². The van der Waals surface area contributed by atoms with Gasteiger partial charge in [-0.25, -0.2) is 0 Å². The molecule has 0 saturated carbocycles. The van der Waals surface area contributed by atoms with E-state index in [1.807, 2.05) is 61.5 Å². The number of Topliss-reactive ketones (excluding diaryl/α,β-unsaturated/α-hetero) is 1. The van der Waals surface area contributed by atoms with Gasteiger partial charge in [-0.15, -0.1) is 0 Å². The van der Waals surface area contributed by atoms with Gasteiger partial charge in [-0.05, 0) is 31.6 Å². The molecule has 3 aromatic rings. The van der Waals surface area contributed by atoms with Crippen molar-refractivity contribution in [3.8, 4) is 0 Å². The number of hydrogen-bond donors (Lipinski definition) is 2. The molecule has 2 aromatic carbocycles. The number of aromatic amines is 1. The van der Waals surface area contributed by atoms with E-state index in [9.17, 15) is 14.4 Å². The molecule has 6 heteroatoms. The number of H-pyrrole nitrogens is 1. The van der Waals surface area contributed by atoms with Gasteiger partial charge in [-0.2, -0.15) is 0 Å². The summed E-state index contributed by atoms with van der Waals surface area (Å²) in [5, 5.41) is 3.44. The third-order valence-corrected chi connectivity index (χ3v) is 4.67. The molecular weight excluding hydrogens is 380 g/mol. The van der Waals surface area contributed by atoms with Crippen LogP contribution in [0.3, 0.4) is 0 Å². The summed E-state index contributed by atoms with van der Waals surface area (Å²) in [5.41, 5.74) is 3.04. The minimum Gasteiger partial charge on any atom is -0.454 e. The maximum absolute atomic E-state index is 12.8. The molecule has 0 bridgehead atoms. The van der Waals surface area contributed by atoms with Gasteiger partial charge in [-0.3, -0.25) is 14.4 Å². The predicted octanol–water partition coefficient (Wildman–Crippen LogP) is 3.81. The van der Waals surface area contributed by atoms with Crippen molar-refractivity contribution in [2.45, 2.75) is 26.4 Å². The van der Waals surface area contributed by atoms with E-state index < -0.39 is 12.1 Å². The van der Waals surface area contributed by atoms with Gasteiger partial charge in [0.2, 0.25) is 11.7 Å². The number of fused-ring (bicyclic) bond motifs is 1. The van der Waals surface area contributed by atoms with E-state index in [1.54, 1.807) is 13.0 Å². The van der Waals surface area contributed by atoms with Crippen LogP contribution >= 0.6 is 0 Å². The van der Waals surface area contributed by atoms with Crippen LogP contribution in [0, 0.1) is 6.92 Å². The van der Waals surface area contributed by atoms with Crippen LogP contribution in [0.25, 0.3) is 17.0 Å². The molecule has 0 aliphatic rings. The third-order valence-electron chi connectivity index (χ3n) is 4.67. The Balaban J connectivity index is 1.48. The molecule has 1 heterocycles. The van der Waals surface area contributed by atoms with Crippen LogP contribution in [0.5, 0.6) is 0 Å². The van der Waals surface area contributed by atoms with Crippen molar-refractivity contribution in [1.82, 2.24) is 10.3 Å². The Morgan fingerprint density at radius 1 is 1.07 bits per heavy atom. The van der Waals surface area contributed by atoms with E-state index in [0.717, 1.165) is 22.2 Å². The molecule has 30 heavy (non-hydrogen) atoms. The Kier molecular flexibility index (Phi) is 6.80. The minimum atomic E-state index is -0.913. The Bertz CT molecular complexity index is 1080. The average Bonchev–Trinajstić information content (AvgIpc) is 3.08. The van der Waals surface area contributed by atoms with E-state index in [0.29, 0.717) is 5.56 Å². The van der Waals surface area contributed by atoms with Crippen LogP contribution in [0.15, 0.2) is 60.7 Å². The summed E-state index contributed by atoms with van der Waals surface area (Å²) < 4.78 is 5.28. The Labute approximate surface area is 174 Å². The highest BCUT2D eigenvalue weighted by Gasteiger charge is 2.24. The second-order valence-corrected chi connectivity index (χ2v) is 6.95. The highest BCUT2D eigenvalue weighted by atomic mass is 16.5. The fourth-order valence-electron chi connectivity index (χ4n) is 3.19. The first-order valence-corrected chi connectivity index (χ1v) is 9.77. The molecule has 0 aliphatic carbocycles. The van der Waals surface area contributed by atoms with Crippen LogP contribution in [-0.4, -0.2) is 35.3 Å². The lowest BCUT2D eigenvalue weighted by atomic mass is 10.0. The summed E-state index contributed by atoms with van der Waals surface area (Å²) in [6.45, 7) is 3.51. The number of aromatic nitrogens is 1. The average molecular weight is 404 g/mol. The molecule has 0 saturated heterocycles. The van der Waals surface area contributed by atoms with Crippen LogP contribution in [0.2, 0.25) is 0 Å². The second kappa shape index (κ2) is 9.69. The number of nitrogens with one attached hydrogen (secondary N) is 2. The number of hydrogen-bond acceptors (Lipinski definition) is 4. The molecule has 0 aliphatic heterocycles. The number of esters is 1. The fourth-order valence-corrected chi connectivity index (χ4v) is 3.19. The van der Waals surface area contributed by atoms with Crippen LogP contribution in [0.4, 0.5) is 0 Å². The van der Waals surface area contributed by atoms with Crippen molar-refractivity contribution >= 4 is 34.6 Å². The zero-order valence-corrected chi connectivity index (χ0v) is 17.0. The van der Waals surface area contributed by atoms with Crippen molar-refractivity contribution < 1.29 is 19.1 Å². The summed E-state index contributed by atoms with van der Waals surface area (Å²) in [6, 6.07) is 16.9. The number of ketones is 1. The van der Waals surface area contributed by atoms with Gasteiger partial charge in [0.15, 0.2) is 6.10 Å². The molecule has 0 radical (unpaired) electrons. The van der Waals surface area contributed by atoms with Gasteiger partial charge in [0.1, 0.15) is 0 Å². The first-order chi connectivity index (χ1) is 14.5. The molecule has 2 N–H and O–H groups in total. The van der Waals surface area contributed by atoms with Crippen LogP contribution < -0.4 is 5.32 Å². The maximum Gasteiger partial charge on any atom is 0.308 e. The Morgan fingerprint density at radius 3 is 2.53 bits per heavy atom. The fraction of sp³-hybridized carbons (Fsp3) is 0.208. The predicted molar refractivity (Wildman–Crippen MR) is 116 cm³/mol.